The van der Waals surface area contributed by atoms with E-state index in [9.17, 15) is 15.2 Å². The minimum absolute atomic E-state index is 0.0308. The predicted octanol–water partition coefficient (Wildman–Crippen LogP) is 3.00. The zero-order valence-electron chi connectivity index (χ0n) is 12.6. The summed E-state index contributed by atoms with van der Waals surface area (Å²) in [5, 5.41) is 21.3. The maximum atomic E-state index is 10.8. The Bertz CT molecular complexity index is 699. The Morgan fingerprint density at radius 3 is 2.18 bits per heavy atom. The van der Waals surface area contributed by atoms with E-state index in [1.165, 1.54) is 20.3 Å². The van der Waals surface area contributed by atoms with Gasteiger partial charge in [-0.3, -0.25) is 10.1 Å². The molecule has 0 aromatic heterocycles. The van der Waals surface area contributed by atoms with Crippen molar-refractivity contribution in [3.63, 3.8) is 0 Å². The third kappa shape index (κ3) is 3.01. The molecule has 0 amide bonds. The average molecular weight is 303 g/mol. The van der Waals surface area contributed by atoms with Crippen molar-refractivity contribution in [2.24, 2.45) is 0 Å². The first-order valence-electron chi connectivity index (χ1n) is 6.63. The summed E-state index contributed by atoms with van der Waals surface area (Å²) in [7, 11) is 3.05. The summed E-state index contributed by atoms with van der Waals surface area (Å²) in [6, 6.07) is 9.67. The normalized spacial score (nSPS) is 11.8. The van der Waals surface area contributed by atoms with Gasteiger partial charge in [0.1, 0.15) is 6.10 Å². The number of benzene rings is 2. The molecule has 2 rings (SSSR count). The van der Waals surface area contributed by atoms with Gasteiger partial charge in [0, 0.05) is 11.6 Å². The van der Waals surface area contributed by atoms with Crippen molar-refractivity contribution >= 4 is 5.69 Å². The van der Waals surface area contributed by atoms with Crippen LogP contribution in [-0.2, 0) is 0 Å². The molecule has 22 heavy (non-hydrogen) atoms. The lowest BCUT2D eigenvalue weighted by atomic mass is 9.99. The van der Waals surface area contributed by atoms with Crippen LogP contribution in [0.25, 0.3) is 0 Å². The summed E-state index contributed by atoms with van der Waals surface area (Å²) in [6.07, 6.45) is -0.903. The molecule has 0 aliphatic carbocycles. The predicted molar refractivity (Wildman–Crippen MR) is 81.4 cm³/mol. The van der Waals surface area contributed by atoms with Gasteiger partial charge in [0.15, 0.2) is 11.5 Å². The van der Waals surface area contributed by atoms with Crippen LogP contribution >= 0.6 is 0 Å². The molecule has 0 heterocycles. The van der Waals surface area contributed by atoms with Gasteiger partial charge in [0.2, 0.25) is 0 Å². The molecule has 0 aliphatic rings. The molecule has 0 radical (unpaired) electrons. The molecule has 0 bridgehead atoms. The second-order valence-corrected chi connectivity index (χ2v) is 4.82. The van der Waals surface area contributed by atoms with Crippen molar-refractivity contribution in [3.8, 4) is 11.5 Å². The molecule has 0 spiro atoms. The van der Waals surface area contributed by atoms with E-state index in [0.717, 1.165) is 0 Å². The van der Waals surface area contributed by atoms with Crippen LogP contribution in [0.5, 0.6) is 11.5 Å². The average Bonchev–Trinajstić information content (AvgIpc) is 2.52. The summed E-state index contributed by atoms with van der Waals surface area (Å²) in [5.74, 6) is 1.08. The van der Waals surface area contributed by atoms with E-state index in [0.29, 0.717) is 28.2 Å². The fraction of sp³-hybridized carbons (Fsp3) is 0.250. The lowest BCUT2D eigenvalue weighted by Crippen LogP contribution is -2.02. The van der Waals surface area contributed by atoms with E-state index in [1.807, 2.05) is 0 Å². The fourth-order valence-electron chi connectivity index (χ4n) is 2.27. The number of aryl methyl sites for hydroxylation is 1. The summed E-state index contributed by atoms with van der Waals surface area (Å²) in [5.41, 5.74) is 1.73. The number of nitro groups is 1. The summed E-state index contributed by atoms with van der Waals surface area (Å²) < 4.78 is 10.4. The minimum atomic E-state index is -0.903. The Morgan fingerprint density at radius 2 is 1.64 bits per heavy atom. The fourth-order valence-corrected chi connectivity index (χ4v) is 2.27. The minimum Gasteiger partial charge on any atom is -0.493 e. The molecular weight excluding hydrogens is 286 g/mol. The van der Waals surface area contributed by atoms with Crippen molar-refractivity contribution in [1.82, 2.24) is 0 Å². The highest BCUT2D eigenvalue weighted by Crippen LogP contribution is 2.33. The highest BCUT2D eigenvalue weighted by atomic mass is 16.6. The Labute approximate surface area is 128 Å². The van der Waals surface area contributed by atoms with E-state index >= 15 is 0 Å². The number of hydrogen-bond acceptors (Lipinski definition) is 5. The van der Waals surface area contributed by atoms with Gasteiger partial charge in [-0.1, -0.05) is 6.07 Å². The third-order valence-electron chi connectivity index (χ3n) is 3.46. The van der Waals surface area contributed by atoms with Gasteiger partial charge < -0.3 is 14.6 Å². The monoisotopic (exact) mass is 303 g/mol. The molecule has 0 fully saturated rings. The van der Waals surface area contributed by atoms with Gasteiger partial charge in [0.25, 0.3) is 5.69 Å². The number of aliphatic hydroxyl groups excluding tert-OH is 1. The zero-order chi connectivity index (χ0) is 16.3. The first-order valence-corrected chi connectivity index (χ1v) is 6.63. The largest absolute Gasteiger partial charge is 0.493 e. The number of nitro benzene ring substituents is 1. The van der Waals surface area contributed by atoms with E-state index < -0.39 is 11.0 Å². The molecule has 1 atom stereocenters. The smallest absolute Gasteiger partial charge is 0.272 e. The van der Waals surface area contributed by atoms with Crippen LogP contribution in [0.3, 0.4) is 0 Å². The maximum Gasteiger partial charge on any atom is 0.272 e. The lowest BCUT2D eigenvalue weighted by Gasteiger charge is -2.15. The number of hydrogen-bond donors (Lipinski definition) is 1. The molecule has 0 unspecified atom stereocenters. The topological polar surface area (TPSA) is 81.8 Å². The second kappa shape index (κ2) is 6.44. The Kier molecular flexibility index (Phi) is 4.62. The molecule has 6 nitrogen and oxygen atoms in total. The number of methoxy groups -OCH3 is 2. The molecule has 0 saturated carbocycles. The van der Waals surface area contributed by atoms with Crippen LogP contribution in [0.2, 0.25) is 0 Å². The van der Waals surface area contributed by atoms with Gasteiger partial charge >= 0.3 is 0 Å². The van der Waals surface area contributed by atoms with Gasteiger partial charge in [-0.2, -0.15) is 0 Å². The summed E-state index contributed by atoms with van der Waals surface area (Å²) in [6.45, 7) is 1.64. The first-order chi connectivity index (χ1) is 10.5. The molecule has 0 aliphatic heterocycles. The molecule has 116 valence electrons. The number of aliphatic hydroxyl groups is 1. The van der Waals surface area contributed by atoms with Gasteiger partial charge in [0.05, 0.1) is 19.1 Å². The third-order valence-corrected chi connectivity index (χ3v) is 3.46. The van der Waals surface area contributed by atoms with E-state index in [1.54, 1.807) is 37.3 Å². The van der Waals surface area contributed by atoms with Gasteiger partial charge in [-0.25, -0.2) is 0 Å². The highest BCUT2D eigenvalue weighted by Gasteiger charge is 2.17. The van der Waals surface area contributed by atoms with Crippen molar-refractivity contribution in [2.75, 3.05) is 14.2 Å². The van der Waals surface area contributed by atoms with Crippen LogP contribution < -0.4 is 9.47 Å². The molecule has 6 heteroatoms. The van der Waals surface area contributed by atoms with Crippen molar-refractivity contribution in [2.45, 2.75) is 13.0 Å². The Morgan fingerprint density at radius 1 is 1.05 bits per heavy atom. The van der Waals surface area contributed by atoms with Crippen molar-refractivity contribution in [3.05, 3.63) is 63.2 Å². The van der Waals surface area contributed by atoms with Crippen LogP contribution in [0.15, 0.2) is 36.4 Å². The summed E-state index contributed by atoms with van der Waals surface area (Å²) in [4.78, 5) is 10.4. The Balaban J connectivity index is 2.37. The van der Waals surface area contributed by atoms with Gasteiger partial charge in [-0.15, -0.1) is 0 Å². The van der Waals surface area contributed by atoms with Crippen LogP contribution in [0.4, 0.5) is 5.69 Å². The van der Waals surface area contributed by atoms with E-state index in [4.69, 9.17) is 9.47 Å². The maximum absolute atomic E-state index is 10.8. The van der Waals surface area contributed by atoms with E-state index in [-0.39, 0.29) is 5.69 Å². The number of ether oxygens (including phenoxy) is 2. The van der Waals surface area contributed by atoms with Crippen LogP contribution in [0.1, 0.15) is 22.8 Å². The quantitative estimate of drug-likeness (QED) is 0.678. The second-order valence-electron chi connectivity index (χ2n) is 4.82. The van der Waals surface area contributed by atoms with Gasteiger partial charge in [-0.05, 0) is 42.3 Å². The standard InChI is InChI=1S/C16H17NO5/c1-10-8-11(4-6-13(10)17(19)20)16(18)12-5-7-14(21-2)15(9-12)22-3/h4-9,16,18H,1-3H3/t16-/m0/s1. The van der Waals surface area contributed by atoms with Crippen molar-refractivity contribution < 1.29 is 19.5 Å². The zero-order valence-corrected chi connectivity index (χ0v) is 12.6. The number of rotatable bonds is 5. The molecule has 1 N–H and O–H groups in total. The molecule has 2 aromatic carbocycles. The Hall–Kier alpha value is -2.60. The van der Waals surface area contributed by atoms with Crippen LogP contribution in [-0.4, -0.2) is 24.2 Å². The van der Waals surface area contributed by atoms with Crippen LogP contribution in [0, 0.1) is 17.0 Å². The molecule has 2 aromatic rings. The SMILES string of the molecule is COc1ccc([C@@H](O)c2ccc([N+](=O)[O-])c(C)c2)cc1OC. The molecule has 0 saturated heterocycles. The lowest BCUT2D eigenvalue weighted by molar-refractivity contribution is -0.385. The summed E-state index contributed by atoms with van der Waals surface area (Å²) >= 11 is 0. The first kappa shape index (κ1) is 15.8. The molecular formula is C16H17NO5. The van der Waals surface area contributed by atoms with E-state index in [2.05, 4.69) is 0 Å². The number of nitrogens with zero attached hydrogens (tertiary/aromatic N) is 1. The highest BCUT2D eigenvalue weighted by molar-refractivity contribution is 5.47. The van der Waals surface area contributed by atoms with Crippen molar-refractivity contribution in [1.29, 1.82) is 0 Å².